The second-order valence-corrected chi connectivity index (χ2v) is 11.0. The fourth-order valence-corrected chi connectivity index (χ4v) is 6.14. The Labute approximate surface area is 298 Å². The molecule has 0 radical (unpaired) electrons. The maximum Gasteiger partial charge on any atom is 1.00 e. The first-order chi connectivity index (χ1) is 20.9. The van der Waals surface area contributed by atoms with E-state index in [0.717, 1.165) is 26.1 Å². The van der Waals surface area contributed by atoms with Crippen LogP contribution in [0.3, 0.4) is 0 Å². The molecule has 3 aromatic heterocycles. The van der Waals surface area contributed by atoms with Crippen molar-refractivity contribution in [1.29, 1.82) is 0 Å². The van der Waals surface area contributed by atoms with Gasteiger partial charge in [-0.3, -0.25) is 28.2 Å². The molecule has 0 spiro atoms. The number of methoxy groups -OCH3 is 1. The molecule has 6 rings (SSSR count). The van der Waals surface area contributed by atoms with Crippen molar-refractivity contribution in [2.75, 3.05) is 7.11 Å². The fraction of sp³-hybridized carbons (Fsp3) is 0.156. The van der Waals surface area contributed by atoms with Crippen molar-refractivity contribution >= 4 is 27.3 Å². The molecule has 3 aromatic carbocycles. The Morgan fingerprint density at radius 2 is 1.68 bits per heavy atom. The van der Waals surface area contributed by atoms with E-state index in [0.29, 0.717) is 39.3 Å². The molecule has 6 aromatic rings. The summed E-state index contributed by atoms with van der Waals surface area (Å²) in [6.07, 6.45) is 0.706. The van der Waals surface area contributed by atoms with E-state index in [-0.39, 0.29) is 59.4 Å². The van der Waals surface area contributed by atoms with Crippen molar-refractivity contribution in [3.8, 4) is 28.3 Å². The van der Waals surface area contributed by atoms with E-state index in [1.807, 2.05) is 55.5 Å². The number of aryl methyl sites for hydroxylation is 1. The molecule has 12 heteroatoms. The van der Waals surface area contributed by atoms with E-state index in [4.69, 9.17) is 4.74 Å². The number of aromatic amines is 1. The largest absolute Gasteiger partial charge is 1.00 e. The molecular formula is C32H27KN4O6S. The number of hydrogen-bond acceptors (Lipinski definition) is 8. The zero-order chi connectivity index (χ0) is 30.1. The molecule has 0 aliphatic rings. The van der Waals surface area contributed by atoms with Gasteiger partial charge < -0.3 is 6.16 Å². The zero-order valence-electron chi connectivity index (χ0n) is 25.3. The van der Waals surface area contributed by atoms with Crippen LogP contribution in [0.2, 0.25) is 0 Å². The van der Waals surface area contributed by atoms with Gasteiger partial charge in [0.15, 0.2) is 11.6 Å². The Morgan fingerprint density at radius 1 is 0.977 bits per heavy atom. The number of ether oxygens (including phenoxy) is 1. The zero-order valence-corrected chi connectivity index (χ0v) is 28.3. The average Bonchev–Trinajstić information content (AvgIpc) is 3.68. The molecule has 0 fully saturated rings. The first-order valence-electron chi connectivity index (χ1n) is 13.5. The minimum atomic E-state index is -0.636. The van der Waals surface area contributed by atoms with Gasteiger partial charge in [-0.05, 0) is 41.3 Å². The quantitative estimate of drug-likeness (QED) is 0.190. The van der Waals surface area contributed by atoms with Crippen molar-refractivity contribution in [3.63, 3.8) is 0 Å². The van der Waals surface area contributed by atoms with Crippen LogP contribution in [0.4, 0.5) is 0 Å². The Bertz CT molecular complexity index is 2160. The number of nitrogens with one attached hydrogen (secondary N) is 1. The summed E-state index contributed by atoms with van der Waals surface area (Å²) in [4.78, 5) is 56.2. The summed E-state index contributed by atoms with van der Waals surface area (Å²) in [5, 5.41) is 4.22. The van der Waals surface area contributed by atoms with E-state index < -0.39 is 29.3 Å². The Balaban J connectivity index is 0.00000230. The van der Waals surface area contributed by atoms with E-state index in [2.05, 4.69) is 14.7 Å². The summed E-state index contributed by atoms with van der Waals surface area (Å²) in [5.74, 6) is -0.331. The molecule has 1 N–H and O–H groups in total. The predicted molar refractivity (Wildman–Crippen MR) is 165 cm³/mol. The summed E-state index contributed by atoms with van der Waals surface area (Å²) < 4.78 is 12.6. The molecule has 0 atom stereocenters. The fourth-order valence-electron chi connectivity index (χ4n) is 5.07. The van der Waals surface area contributed by atoms with Crippen LogP contribution in [-0.4, -0.2) is 32.2 Å². The number of fused-ring (bicyclic) bond motifs is 1. The molecule has 0 aliphatic carbocycles. The van der Waals surface area contributed by atoms with Gasteiger partial charge in [-0.2, -0.15) is 0 Å². The average molecular weight is 635 g/mol. The molecule has 0 unspecified atom stereocenters. The van der Waals surface area contributed by atoms with Crippen molar-refractivity contribution in [3.05, 3.63) is 126 Å². The Kier molecular flexibility index (Phi) is 9.78. The third kappa shape index (κ3) is 6.14. The number of thiophene rings is 1. The summed E-state index contributed by atoms with van der Waals surface area (Å²) in [6.45, 7) is 1.77. The smallest absolute Gasteiger partial charge is 1.00 e. The molecule has 218 valence electrons. The SMILES string of the molecule is CCc1cc2c(=O)n(CC(=O)c3ccccc3OC)c(=O)n(Cc3ccc(-c4ccccc4-c4noc(=O)[nH]4)cc3)c2s1.[H-].[K+]. The van der Waals surface area contributed by atoms with Crippen LogP contribution < -0.4 is 73.1 Å². The van der Waals surface area contributed by atoms with Crippen molar-refractivity contribution in [1.82, 2.24) is 19.3 Å². The van der Waals surface area contributed by atoms with Crippen molar-refractivity contribution in [2.45, 2.75) is 26.4 Å². The van der Waals surface area contributed by atoms with Crippen LogP contribution in [-0.2, 0) is 19.5 Å². The van der Waals surface area contributed by atoms with Crippen LogP contribution in [0.25, 0.3) is 32.7 Å². The van der Waals surface area contributed by atoms with E-state index in [1.54, 1.807) is 34.9 Å². The third-order valence-corrected chi connectivity index (χ3v) is 8.53. The molecule has 3 heterocycles. The number of Topliss-reactive ketones (excluding diaryl/α,β-unsaturated/α-hetero) is 1. The van der Waals surface area contributed by atoms with Crippen LogP contribution in [0.5, 0.6) is 5.75 Å². The van der Waals surface area contributed by atoms with E-state index in [1.165, 1.54) is 18.4 Å². The van der Waals surface area contributed by atoms with Crippen LogP contribution in [0.15, 0.2) is 97.8 Å². The number of hydrogen-bond donors (Lipinski definition) is 1. The maximum atomic E-state index is 13.8. The molecule has 10 nitrogen and oxygen atoms in total. The number of carbonyl (C=O) groups is 1. The van der Waals surface area contributed by atoms with E-state index >= 15 is 0 Å². The van der Waals surface area contributed by atoms with Gasteiger partial charge >= 0.3 is 62.8 Å². The number of para-hydroxylation sites is 1. The van der Waals surface area contributed by atoms with Gasteiger partial charge in [0.1, 0.15) is 10.6 Å². The summed E-state index contributed by atoms with van der Waals surface area (Å²) >= 11 is 1.40. The van der Waals surface area contributed by atoms with Crippen LogP contribution >= 0.6 is 11.3 Å². The second kappa shape index (κ2) is 13.5. The van der Waals surface area contributed by atoms with E-state index in [9.17, 15) is 19.2 Å². The van der Waals surface area contributed by atoms with Crippen LogP contribution in [0.1, 0.15) is 29.1 Å². The minimum Gasteiger partial charge on any atom is -1.00 e. The van der Waals surface area contributed by atoms with Crippen molar-refractivity contribution < 1.29 is 66.9 Å². The number of aromatic nitrogens is 4. The third-order valence-electron chi connectivity index (χ3n) is 7.23. The molecular weight excluding hydrogens is 608 g/mol. The number of carbonyl (C=O) groups excluding carboxylic acids is 1. The molecule has 0 aliphatic heterocycles. The maximum absolute atomic E-state index is 13.8. The Morgan fingerprint density at radius 3 is 2.36 bits per heavy atom. The number of benzene rings is 3. The minimum absolute atomic E-state index is 0. The second-order valence-electron chi connectivity index (χ2n) is 9.85. The van der Waals surface area contributed by atoms with Crippen LogP contribution in [0, 0.1) is 0 Å². The van der Waals surface area contributed by atoms with Gasteiger partial charge in [0.25, 0.3) is 5.56 Å². The first kappa shape index (κ1) is 31.8. The Hall–Kier alpha value is -3.65. The van der Waals surface area contributed by atoms with Gasteiger partial charge in [0.05, 0.1) is 31.1 Å². The topological polar surface area (TPSA) is 129 Å². The predicted octanol–water partition coefficient (Wildman–Crippen LogP) is 1.85. The van der Waals surface area contributed by atoms with Gasteiger partial charge in [0.2, 0.25) is 0 Å². The number of ketones is 1. The van der Waals surface area contributed by atoms with Gasteiger partial charge in [-0.25, -0.2) is 9.59 Å². The van der Waals surface area contributed by atoms with Gasteiger partial charge in [-0.1, -0.05) is 72.7 Å². The summed E-state index contributed by atoms with van der Waals surface area (Å²) in [7, 11) is 1.47. The number of nitrogens with zero attached hydrogens (tertiary/aromatic N) is 3. The summed E-state index contributed by atoms with van der Waals surface area (Å²) in [6, 6.07) is 23.7. The molecule has 0 amide bonds. The number of H-pyrrole nitrogens is 1. The van der Waals surface area contributed by atoms with Crippen molar-refractivity contribution in [2.24, 2.45) is 0 Å². The monoisotopic (exact) mass is 634 g/mol. The summed E-state index contributed by atoms with van der Waals surface area (Å²) in [5.41, 5.74) is 2.49. The van der Waals surface area contributed by atoms with Gasteiger partial charge in [-0.15, -0.1) is 11.3 Å². The standard InChI is InChI=1S/C32H26N4O6S.K.H/c1-3-21-16-25-29(38)35(18-26(37)24-10-6-7-11-27(24)41-2)32(40)36(30(25)43-21)17-19-12-14-20(15-13-19)22-8-4-5-9-23(22)28-33-31(39)42-34-28;;/h4-16H,3,17-18H2,1-2H3,(H,33,34,39);;/q;+1;-1. The molecule has 0 saturated carbocycles. The first-order valence-corrected chi connectivity index (χ1v) is 14.4. The molecule has 0 bridgehead atoms. The van der Waals surface area contributed by atoms with Gasteiger partial charge in [0, 0.05) is 10.4 Å². The molecule has 44 heavy (non-hydrogen) atoms. The molecule has 0 saturated heterocycles. The number of rotatable bonds is 9. The normalized spacial score (nSPS) is 11.0.